The first-order valence-corrected chi connectivity index (χ1v) is 14.6. The zero-order valence-corrected chi connectivity index (χ0v) is 24.3. The molecule has 5 rings (SSSR count). The van der Waals surface area contributed by atoms with E-state index >= 15 is 0 Å². The summed E-state index contributed by atoms with van der Waals surface area (Å²) in [4.78, 5) is 18.8. The van der Waals surface area contributed by atoms with Gasteiger partial charge in [-0.05, 0) is 42.0 Å². The van der Waals surface area contributed by atoms with Gasteiger partial charge >= 0.3 is 0 Å². The second-order valence-electron chi connectivity index (χ2n) is 8.87. The van der Waals surface area contributed by atoms with Crippen LogP contribution in [0.15, 0.2) is 95.9 Å². The van der Waals surface area contributed by atoms with Crippen molar-refractivity contribution < 1.29 is 28.7 Å². The van der Waals surface area contributed by atoms with Crippen molar-refractivity contribution in [3.8, 4) is 23.3 Å². The first-order valence-electron chi connectivity index (χ1n) is 12.5. The fourth-order valence-corrected chi connectivity index (χ4v) is 6.16. The second-order valence-corrected chi connectivity index (χ2v) is 11.3. The van der Waals surface area contributed by atoms with E-state index in [4.69, 9.17) is 19.5 Å². The maximum absolute atomic E-state index is 13.7. The number of hydrogen-bond acceptors (Lipinski definition) is 8. The molecule has 42 heavy (non-hydrogen) atoms. The molecule has 0 fully saturated rings. The van der Waals surface area contributed by atoms with E-state index < -0.39 is 22.8 Å². The number of amides is 1. The molecule has 4 aromatic carbocycles. The molecule has 5 aromatic rings. The Kier molecular flexibility index (Phi) is 9.88. The van der Waals surface area contributed by atoms with Crippen molar-refractivity contribution in [2.75, 3.05) is 19.5 Å². The molecule has 0 bridgehead atoms. The molecule has 0 saturated carbocycles. The van der Waals surface area contributed by atoms with Crippen LogP contribution in [-0.4, -0.2) is 34.8 Å². The van der Waals surface area contributed by atoms with Gasteiger partial charge in [0.1, 0.15) is 5.75 Å². The van der Waals surface area contributed by atoms with Crippen LogP contribution >= 0.6 is 11.3 Å². The predicted octanol–water partition coefficient (Wildman–Crippen LogP) is 5.43. The summed E-state index contributed by atoms with van der Waals surface area (Å²) in [6.07, 6.45) is -1.09. The number of aromatic nitrogens is 1. The first-order chi connectivity index (χ1) is 20.0. The van der Waals surface area contributed by atoms with Crippen LogP contribution in [0.25, 0.3) is 10.2 Å². The Labute approximate surface area is 249 Å². The number of benzene rings is 4. The molecule has 0 aliphatic heterocycles. The molecule has 2 atom stereocenters. The number of anilines is 1. The van der Waals surface area contributed by atoms with E-state index in [1.54, 1.807) is 74.9 Å². The van der Waals surface area contributed by atoms with Gasteiger partial charge in [-0.1, -0.05) is 53.8 Å². The van der Waals surface area contributed by atoms with Gasteiger partial charge in [0.05, 0.1) is 52.6 Å². The third-order valence-corrected chi connectivity index (χ3v) is 8.47. The van der Waals surface area contributed by atoms with Crippen LogP contribution in [-0.2, 0) is 21.3 Å². The van der Waals surface area contributed by atoms with Crippen LogP contribution in [0.3, 0.4) is 0 Å². The summed E-state index contributed by atoms with van der Waals surface area (Å²) in [5.41, 5.74) is 2.58. The van der Waals surface area contributed by atoms with Crippen LogP contribution in [0.4, 0.5) is 5.13 Å². The van der Waals surface area contributed by atoms with Gasteiger partial charge in [-0.3, -0.25) is 14.3 Å². The van der Waals surface area contributed by atoms with Crippen molar-refractivity contribution in [2.24, 2.45) is 0 Å². The fraction of sp³-hybridized carbons (Fsp3) is 0.129. The highest BCUT2D eigenvalue weighted by Gasteiger charge is 2.25. The van der Waals surface area contributed by atoms with Gasteiger partial charge in [0.2, 0.25) is 6.10 Å². The normalized spacial score (nSPS) is 11.9. The van der Waals surface area contributed by atoms with Gasteiger partial charge in [-0.15, -0.1) is 0 Å². The standard InChI is InChI=1S/C31H25N3O5S2.H2O/c1-37-26-16-25-28(17-27(26)38-2)40-31(33-25)34-30(35)29(39-23-13-11-20(18-32)12-14-23)22-9-6-10-24(15-22)41(36)19-21-7-4-3-5-8-21;/h3-17,29H,19H2,1-2H3,(H,33,34,35);1H2. The van der Waals surface area contributed by atoms with Gasteiger partial charge in [0, 0.05) is 22.6 Å². The monoisotopic (exact) mass is 601 g/mol. The Balaban J connectivity index is 0.00000405. The third kappa shape index (κ3) is 6.92. The SMILES string of the molecule is COc1cc2nc(NC(=O)C(Oc3ccc(C#N)cc3)c3cccc(S(=O)Cc4ccccc4)c3)sc2cc1OC.O. The van der Waals surface area contributed by atoms with E-state index in [9.17, 15) is 9.00 Å². The smallest absolute Gasteiger partial charge is 0.271 e. The molecular formula is C31H27N3O6S2. The number of rotatable bonds is 10. The number of ether oxygens (including phenoxy) is 3. The summed E-state index contributed by atoms with van der Waals surface area (Å²) >= 11 is 1.29. The number of nitriles is 1. The van der Waals surface area contributed by atoms with Crippen molar-refractivity contribution in [3.63, 3.8) is 0 Å². The third-order valence-electron chi connectivity index (χ3n) is 6.16. The summed E-state index contributed by atoms with van der Waals surface area (Å²) in [6, 6.07) is 28.7. The number of nitrogens with one attached hydrogen (secondary N) is 1. The molecule has 214 valence electrons. The van der Waals surface area contributed by atoms with Crippen LogP contribution in [0.5, 0.6) is 17.2 Å². The lowest BCUT2D eigenvalue weighted by Gasteiger charge is -2.19. The second kappa shape index (κ2) is 13.7. The van der Waals surface area contributed by atoms with Crippen molar-refractivity contribution in [3.05, 3.63) is 108 Å². The summed E-state index contributed by atoms with van der Waals surface area (Å²) in [5, 5.41) is 12.4. The minimum Gasteiger partial charge on any atom is -0.493 e. The van der Waals surface area contributed by atoms with Crippen LogP contribution in [0, 0.1) is 11.3 Å². The van der Waals surface area contributed by atoms with Gasteiger partial charge in [-0.2, -0.15) is 5.26 Å². The molecule has 0 aliphatic rings. The fourth-order valence-electron chi connectivity index (χ4n) is 4.12. The highest BCUT2D eigenvalue weighted by molar-refractivity contribution is 7.84. The molecule has 3 N–H and O–H groups in total. The van der Waals surface area contributed by atoms with Crippen molar-refractivity contribution >= 4 is 43.4 Å². The van der Waals surface area contributed by atoms with E-state index in [1.165, 1.54) is 11.3 Å². The minimum absolute atomic E-state index is 0. The number of thiazole rings is 1. The molecule has 11 heteroatoms. The summed E-state index contributed by atoms with van der Waals surface area (Å²) in [7, 11) is 1.76. The zero-order chi connectivity index (χ0) is 28.8. The highest BCUT2D eigenvalue weighted by atomic mass is 32.2. The number of fused-ring (bicyclic) bond motifs is 1. The lowest BCUT2D eigenvalue weighted by molar-refractivity contribution is -0.123. The Hall–Kier alpha value is -4.76. The summed E-state index contributed by atoms with van der Waals surface area (Å²) in [5.74, 6) is 1.38. The number of methoxy groups -OCH3 is 2. The quantitative estimate of drug-likeness (QED) is 0.225. The first kappa shape index (κ1) is 30.2. The van der Waals surface area contributed by atoms with E-state index in [0.717, 1.165) is 10.3 Å². The van der Waals surface area contributed by atoms with Crippen molar-refractivity contribution in [1.82, 2.24) is 4.98 Å². The van der Waals surface area contributed by atoms with Crippen molar-refractivity contribution in [1.29, 1.82) is 5.26 Å². The van der Waals surface area contributed by atoms with E-state index in [-0.39, 0.29) is 5.48 Å². The van der Waals surface area contributed by atoms with Gasteiger partial charge < -0.3 is 19.7 Å². The number of carbonyl (C=O) groups is 1. The molecule has 0 saturated heterocycles. The van der Waals surface area contributed by atoms with Gasteiger partial charge in [-0.25, -0.2) is 4.98 Å². The van der Waals surface area contributed by atoms with Gasteiger partial charge in [0.25, 0.3) is 5.91 Å². The lowest BCUT2D eigenvalue weighted by atomic mass is 10.1. The Morgan fingerprint density at radius 2 is 1.69 bits per heavy atom. The number of nitrogens with zero attached hydrogens (tertiary/aromatic N) is 2. The number of carbonyl (C=O) groups excluding carboxylic acids is 1. The van der Waals surface area contributed by atoms with Crippen LogP contribution < -0.4 is 19.5 Å². The average Bonchev–Trinajstić information content (AvgIpc) is 3.40. The molecule has 0 aliphatic carbocycles. The maximum atomic E-state index is 13.7. The zero-order valence-electron chi connectivity index (χ0n) is 22.7. The van der Waals surface area contributed by atoms with E-state index in [2.05, 4.69) is 16.4 Å². The molecule has 1 amide bonds. The number of hydrogen-bond donors (Lipinski definition) is 1. The molecule has 9 nitrogen and oxygen atoms in total. The largest absolute Gasteiger partial charge is 0.493 e. The van der Waals surface area contributed by atoms with Crippen LogP contribution in [0.2, 0.25) is 0 Å². The van der Waals surface area contributed by atoms with E-state index in [1.807, 2.05) is 30.3 Å². The van der Waals surface area contributed by atoms with E-state index in [0.29, 0.717) is 49.7 Å². The lowest BCUT2D eigenvalue weighted by Crippen LogP contribution is -2.25. The molecule has 2 unspecified atom stereocenters. The highest BCUT2D eigenvalue weighted by Crippen LogP contribution is 2.36. The topological polar surface area (TPSA) is 142 Å². The molecule has 0 radical (unpaired) electrons. The Morgan fingerprint density at radius 3 is 2.38 bits per heavy atom. The summed E-state index contributed by atoms with van der Waals surface area (Å²) < 4.78 is 30.9. The molecule has 0 spiro atoms. The minimum atomic E-state index is -1.34. The Morgan fingerprint density at radius 1 is 0.976 bits per heavy atom. The van der Waals surface area contributed by atoms with Crippen LogP contribution in [0.1, 0.15) is 22.8 Å². The molecular weight excluding hydrogens is 574 g/mol. The predicted molar refractivity (Wildman–Crippen MR) is 162 cm³/mol. The van der Waals surface area contributed by atoms with Gasteiger partial charge in [0.15, 0.2) is 16.6 Å². The van der Waals surface area contributed by atoms with Crippen molar-refractivity contribution in [2.45, 2.75) is 16.8 Å². The molecule has 1 heterocycles. The average molecular weight is 602 g/mol. The molecule has 1 aromatic heterocycles. The Bertz CT molecular complexity index is 1710. The summed E-state index contributed by atoms with van der Waals surface area (Å²) in [6.45, 7) is 0. The maximum Gasteiger partial charge on any atom is 0.271 e.